The van der Waals surface area contributed by atoms with E-state index in [1.54, 1.807) is 19.1 Å². The Hall–Kier alpha value is -1.54. The molecule has 0 aliphatic carbocycles. The number of imidazole rings is 1. The molecular formula is C12H10Br2N4O2. The minimum Gasteiger partial charge on any atom is -0.461 e. The Morgan fingerprint density at radius 1 is 1.30 bits per heavy atom. The third kappa shape index (κ3) is 3.73. The molecule has 1 aromatic heterocycles. The molecule has 0 aliphatic heterocycles. The molecule has 0 bridgehead atoms. The highest BCUT2D eigenvalue weighted by atomic mass is 79.9. The monoisotopic (exact) mass is 400 g/mol. The van der Waals surface area contributed by atoms with Crippen LogP contribution in [0, 0.1) is 0 Å². The van der Waals surface area contributed by atoms with E-state index in [-0.39, 0.29) is 18.2 Å². The predicted octanol–water partition coefficient (Wildman–Crippen LogP) is 4.53. The van der Waals surface area contributed by atoms with Gasteiger partial charge >= 0.3 is 5.97 Å². The summed E-state index contributed by atoms with van der Waals surface area (Å²) in [4.78, 5) is 18.4. The van der Waals surface area contributed by atoms with E-state index in [1.807, 2.05) is 12.1 Å². The number of halogens is 2. The Morgan fingerprint density at radius 3 is 2.65 bits per heavy atom. The number of carbonyl (C=O) groups is 1. The maximum Gasteiger partial charge on any atom is 0.359 e. The third-order valence-corrected chi connectivity index (χ3v) is 3.31. The number of hydrogen-bond acceptors (Lipinski definition) is 5. The Morgan fingerprint density at radius 2 is 2.00 bits per heavy atom. The van der Waals surface area contributed by atoms with Crippen molar-refractivity contribution in [2.75, 3.05) is 6.61 Å². The van der Waals surface area contributed by atoms with Gasteiger partial charge in [-0.15, -0.1) is 10.2 Å². The number of rotatable bonds is 4. The molecule has 0 saturated carbocycles. The van der Waals surface area contributed by atoms with Crippen LogP contribution in [-0.2, 0) is 4.74 Å². The molecule has 2 rings (SSSR count). The quantitative estimate of drug-likeness (QED) is 0.603. The van der Waals surface area contributed by atoms with E-state index in [0.717, 1.165) is 4.47 Å². The second-order valence-electron chi connectivity index (χ2n) is 3.62. The highest BCUT2D eigenvalue weighted by Gasteiger charge is 2.16. The summed E-state index contributed by atoms with van der Waals surface area (Å²) in [5.74, 6) is -0.288. The maximum absolute atomic E-state index is 11.6. The van der Waals surface area contributed by atoms with Gasteiger partial charge in [0.15, 0.2) is 5.69 Å². The van der Waals surface area contributed by atoms with E-state index < -0.39 is 5.97 Å². The van der Waals surface area contributed by atoms with Crippen LogP contribution in [0.25, 0.3) is 0 Å². The Bertz CT molecular complexity index is 637. The molecule has 104 valence electrons. The van der Waals surface area contributed by atoms with Crippen LogP contribution >= 0.6 is 31.9 Å². The number of benzene rings is 1. The highest BCUT2D eigenvalue weighted by Crippen LogP contribution is 2.22. The van der Waals surface area contributed by atoms with E-state index in [4.69, 9.17) is 4.74 Å². The Balaban J connectivity index is 2.16. The number of nitrogens with zero attached hydrogens (tertiary/aromatic N) is 3. The summed E-state index contributed by atoms with van der Waals surface area (Å²) < 4.78 is 6.25. The molecule has 0 fully saturated rings. The number of esters is 1. The van der Waals surface area contributed by atoms with Gasteiger partial charge in [-0.3, -0.25) is 0 Å². The fourth-order valence-electron chi connectivity index (χ4n) is 1.34. The molecule has 0 spiro atoms. The zero-order valence-electron chi connectivity index (χ0n) is 10.4. The minimum absolute atomic E-state index is 0.150. The largest absolute Gasteiger partial charge is 0.461 e. The lowest BCUT2D eigenvalue weighted by Crippen LogP contribution is -2.05. The predicted molar refractivity (Wildman–Crippen MR) is 80.6 cm³/mol. The average Bonchev–Trinajstić information content (AvgIpc) is 2.80. The summed E-state index contributed by atoms with van der Waals surface area (Å²) in [6.45, 7) is 2.01. The standard InChI is InChI=1S/C12H10Br2N4O2/c1-2-20-11(19)9-10(14)16-12(15-9)18-17-8-5-3-7(13)4-6-8/h3-6H,2H2,1H3,(H,15,16). The molecule has 1 heterocycles. The first-order valence-electron chi connectivity index (χ1n) is 5.70. The molecule has 0 atom stereocenters. The van der Waals surface area contributed by atoms with Crippen molar-refractivity contribution in [2.45, 2.75) is 6.92 Å². The highest BCUT2D eigenvalue weighted by molar-refractivity contribution is 9.10. The molecule has 8 heteroatoms. The lowest BCUT2D eigenvalue weighted by Gasteiger charge is -1.96. The molecular weight excluding hydrogens is 392 g/mol. The summed E-state index contributed by atoms with van der Waals surface area (Å²) in [5, 5.41) is 7.95. The van der Waals surface area contributed by atoms with E-state index in [0.29, 0.717) is 10.3 Å². The number of nitrogens with one attached hydrogen (secondary N) is 1. The second kappa shape index (κ2) is 6.76. The van der Waals surface area contributed by atoms with Gasteiger partial charge in [0.25, 0.3) is 0 Å². The molecule has 6 nitrogen and oxygen atoms in total. The fraction of sp³-hybridized carbons (Fsp3) is 0.167. The third-order valence-electron chi connectivity index (χ3n) is 2.20. The van der Waals surface area contributed by atoms with Gasteiger partial charge in [-0.2, -0.15) is 0 Å². The first-order chi connectivity index (χ1) is 9.60. The molecule has 0 unspecified atom stereocenters. The molecule has 1 N–H and O–H groups in total. The Kier molecular flexibility index (Phi) is 5.02. The first kappa shape index (κ1) is 14.9. The molecule has 0 aliphatic rings. The van der Waals surface area contributed by atoms with Gasteiger partial charge in [-0.25, -0.2) is 9.78 Å². The maximum atomic E-state index is 11.6. The topological polar surface area (TPSA) is 79.7 Å². The number of aromatic amines is 1. The zero-order chi connectivity index (χ0) is 14.5. The Labute approximate surface area is 131 Å². The van der Waals surface area contributed by atoms with Crippen molar-refractivity contribution in [1.82, 2.24) is 9.97 Å². The van der Waals surface area contributed by atoms with Crippen LogP contribution < -0.4 is 0 Å². The summed E-state index contributed by atoms with van der Waals surface area (Å²) in [6, 6.07) is 7.32. The number of aromatic nitrogens is 2. The number of hydrogen-bond donors (Lipinski definition) is 1. The van der Waals surface area contributed by atoms with Crippen molar-refractivity contribution >= 4 is 49.5 Å². The molecule has 0 saturated heterocycles. The van der Waals surface area contributed by atoms with Gasteiger partial charge in [0, 0.05) is 4.47 Å². The normalized spacial score (nSPS) is 10.9. The summed E-state index contributed by atoms with van der Waals surface area (Å²) in [5.41, 5.74) is 0.829. The molecule has 2 aromatic rings. The first-order valence-corrected chi connectivity index (χ1v) is 7.28. The number of ether oxygens (including phenoxy) is 1. The van der Waals surface area contributed by atoms with E-state index in [9.17, 15) is 4.79 Å². The van der Waals surface area contributed by atoms with Gasteiger partial charge in [0.2, 0.25) is 5.95 Å². The number of carbonyl (C=O) groups excluding carboxylic acids is 1. The van der Waals surface area contributed by atoms with Crippen LogP contribution in [0.5, 0.6) is 0 Å². The summed E-state index contributed by atoms with van der Waals surface area (Å²) in [6.07, 6.45) is 0. The van der Waals surface area contributed by atoms with Crippen molar-refractivity contribution < 1.29 is 9.53 Å². The van der Waals surface area contributed by atoms with E-state index in [2.05, 4.69) is 52.1 Å². The van der Waals surface area contributed by atoms with Gasteiger partial charge < -0.3 is 9.72 Å². The van der Waals surface area contributed by atoms with Crippen LogP contribution in [0.1, 0.15) is 17.4 Å². The van der Waals surface area contributed by atoms with Crippen LogP contribution in [0.15, 0.2) is 43.6 Å². The number of azo groups is 1. The van der Waals surface area contributed by atoms with E-state index in [1.165, 1.54) is 0 Å². The molecule has 0 radical (unpaired) electrons. The van der Waals surface area contributed by atoms with Crippen LogP contribution in [-0.4, -0.2) is 22.5 Å². The van der Waals surface area contributed by atoms with Crippen molar-refractivity contribution in [1.29, 1.82) is 0 Å². The van der Waals surface area contributed by atoms with Gasteiger partial charge in [-0.1, -0.05) is 15.9 Å². The summed E-state index contributed by atoms with van der Waals surface area (Å²) >= 11 is 6.53. The number of H-pyrrole nitrogens is 1. The van der Waals surface area contributed by atoms with E-state index >= 15 is 0 Å². The molecule has 1 aromatic carbocycles. The second-order valence-corrected chi connectivity index (χ2v) is 5.33. The van der Waals surface area contributed by atoms with Gasteiger partial charge in [-0.05, 0) is 47.1 Å². The molecule has 20 heavy (non-hydrogen) atoms. The van der Waals surface area contributed by atoms with Crippen molar-refractivity contribution in [2.24, 2.45) is 10.2 Å². The zero-order valence-corrected chi connectivity index (χ0v) is 13.6. The van der Waals surface area contributed by atoms with Crippen molar-refractivity contribution in [3.8, 4) is 0 Å². The van der Waals surface area contributed by atoms with Gasteiger partial charge in [0.05, 0.1) is 12.3 Å². The van der Waals surface area contributed by atoms with Crippen molar-refractivity contribution in [3.05, 3.63) is 39.0 Å². The summed E-state index contributed by atoms with van der Waals surface area (Å²) in [7, 11) is 0. The van der Waals surface area contributed by atoms with Crippen LogP contribution in [0.4, 0.5) is 11.6 Å². The lowest BCUT2D eigenvalue weighted by molar-refractivity contribution is 0.0519. The SMILES string of the molecule is CCOC(=O)c1nc(N=Nc2ccc(Br)cc2)[nH]c1Br. The average molecular weight is 402 g/mol. The fourth-order valence-corrected chi connectivity index (χ4v) is 2.03. The van der Waals surface area contributed by atoms with Crippen LogP contribution in [0.2, 0.25) is 0 Å². The molecule has 0 amide bonds. The smallest absolute Gasteiger partial charge is 0.359 e. The lowest BCUT2D eigenvalue weighted by atomic mass is 10.3. The van der Waals surface area contributed by atoms with Crippen LogP contribution in [0.3, 0.4) is 0 Å². The minimum atomic E-state index is -0.513. The van der Waals surface area contributed by atoms with Crippen molar-refractivity contribution in [3.63, 3.8) is 0 Å². The van der Waals surface area contributed by atoms with Gasteiger partial charge in [0.1, 0.15) is 4.60 Å².